The third-order valence-electron chi connectivity index (χ3n) is 4.62. The van der Waals surface area contributed by atoms with Crippen molar-refractivity contribution in [2.75, 3.05) is 6.54 Å². The minimum atomic E-state index is -4.46. The molecule has 0 saturated carbocycles. The molecule has 144 valence electrons. The highest BCUT2D eigenvalue weighted by Gasteiger charge is 2.35. The number of hydrogen-bond donors (Lipinski definition) is 1. The van der Waals surface area contributed by atoms with Crippen LogP contribution in [0.25, 0.3) is 11.1 Å². The summed E-state index contributed by atoms with van der Waals surface area (Å²) in [7, 11) is 0. The number of nitrogens with one attached hydrogen (secondary N) is 1. The van der Waals surface area contributed by atoms with Crippen molar-refractivity contribution in [2.24, 2.45) is 0 Å². The van der Waals surface area contributed by atoms with Crippen molar-refractivity contribution in [1.82, 2.24) is 5.32 Å². The molecule has 4 rings (SSSR count). The van der Waals surface area contributed by atoms with Gasteiger partial charge < -0.3 is 14.5 Å². The summed E-state index contributed by atoms with van der Waals surface area (Å²) in [6, 6.07) is 12.2. The summed E-state index contributed by atoms with van der Waals surface area (Å²) in [4.78, 5) is 12.0. The van der Waals surface area contributed by atoms with Crippen molar-refractivity contribution in [3.8, 4) is 16.9 Å². The number of amides is 1. The molecule has 2 heterocycles. The highest BCUT2D eigenvalue weighted by atomic mass is 19.4. The molecule has 28 heavy (non-hydrogen) atoms. The average molecular weight is 387 g/mol. The minimum Gasteiger partial charge on any atom is -0.487 e. The van der Waals surface area contributed by atoms with Gasteiger partial charge in [0.1, 0.15) is 18.1 Å². The molecular formula is C21H16F3NO3. The molecule has 7 heteroatoms. The first-order valence-electron chi connectivity index (χ1n) is 8.69. The van der Waals surface area contributed by atoms with Crippen molar-refractivity contribution < 1.29 is 27.1 Å². The van der Waals surface area contributed by atoms with E-state index in [1.165, 1.54) is 24.7 Å². The van der Waals surface area contributed by atoms with E-state index in [1.807, 2.05) is 6.07 Å². The lowest BCUT2D eigenvalue weighted by molar-refractivity contribution is -0.137. The number of hydrogen-bond acceptors (Lipinski definition) is 3. The summed E-state index contributed by atoms with van der Waals surface area (Å²) >= 11 is 0. The maximum atomic E-state index is 13.4. The van der Waals surface area contributed by atoms with Crippen LogP contribution in [0.4, 0.5) is 13.2 Å². The zero-order valence-corrected chi connectivity index (χ0v) is 14.6. The van der Waals surface area contributed by atoms with Crippen molar-refractivity contribution >= 4 is 5.91 Å². The second kappa shape index (κ2) is 7.07. The third kappa shape index (κ3) is 3.47. The zero-order chi connectivity index (χ0) is 19.7. The first-order chi connectivity index (χ1) is 13.4. The molecule has 3 aromatic rings. The summed E-state index contributed by atoms with van der Waals surface area (Å²) in [5.74, 6) is 0.137. The predicted octanol–water partition coefficient (Wildman–Crippen LogP) is 4.70. The van der Waals surface area contributed by atoms with Gasteiger partial charge in [-0.15, -0.1) is 0 Å². The van der Waals surface area contributed by atoms with Crippen LogP contribution in [0.5, 0.6) is 5.75 Å². The van der Waals surface area contributed by atoms with E-state index in [0.29, 0.717) is 23.3 Å². The molecule has 1 aliphatic rings. The minimum absolute atomic E-state index is 0.0786. The summed E-state index contributed by atoms with van der Waals surface area (Å²) in [5, 5.41) is 2.75. The van der Waals surface area contributed by atoms with E-state index in [0.717, 1.165) is 11.6 Å². The normalized spacial score (nSPS) is 15.8. The van der Waals surface area contributed by atoms with Gasteiger partial charge in [-0.1, -0.05) is 36.4 Å². The first kappa shape index (κ1) is 18.2. The maximum Gasteiger partial charge on any atom is 0.417 e. The number of alkyl halides is 3. The van der Waals surface area contributed by atoms with E-state index >= 15 is 0 Å². The first-order valence-corrected chi connectivity index (χ1v) is 8.69. The van der Waals surface area contributed by atoms with E-state index < -0.39 is 11.7 Å². The van der Waals surface area contributed by atoms with Gasteiger partial charge in [0.25, 0.3) is 5.91 Å². The summed E-state index contributed by atoms with van der Waals surface area (Å²) in [5.41, 5.74) is 0.986. The molecule has 0 radical (unpaired) electrons. The van der Waals surface area contributed by atoms with E-state index in [9.17, 15) is 18.0 Å². The monoisotopic (exact) mass is 387 g/mol. The van der Waals surface area contributed by atoms with Gasteiger partial charge >= 0.3 is 6.18 Å². The van der Waals surface area contributed by atoms with Crippen LogP contribution >= 0.6 is 0 Å². The number of benzene rings is 2. The Morgan fingerprint density at radius 2 is 1.86 bits per heavy atom. The van der Waals surface area contributed by atoms with Crippen LogP contribution in [0.3, 0.4) is 0 Å². The Labute approximate surface area is 158 Å². The number of carbonyl (C=O) groups is 1. The molecule has 1 N–H and O–H groups in total. The molecule has 0 saturated heterocycles. The Morgan fingerprint density at radius 3 is 2.61 bits per heavy atom. The van der Waals surface area contributed by atoms with Gasteiger partial charge in [-0.25, -0.2) is 0 Å². The lowest BCUT2D eigenvalue weighted by Crippen LogP contribution is -2.34. The molecule has 4 nitrogen and oxygen atoms in total. The molecule has 1 aliphatic heterocycles. The number of halogens is 3. The summed E-state index contributed by atoms with van der Waals surface area (Å²) in [6.45, 7) is 0.235. The zero-order valence-electron chi connectivity index (χ0n) is 14.6. The Morgan fingerprint density at radius 1 is 1.07 bits per heavy atom. The van der Waals surface area contributed by atoms with Crippen LogP contribution in [0.1, 0.15) is 21.5 Å². The quantitative estimate of drug-likeness (QED) is 0.706. The smallest absolute Gasteiger partial charge is 0.417 e. The largest absolute Gasteiger partial charge is 0.487 e. The number of ether oxygens (including phenoxy) is 1. The maximum absolute atomic E-state index is 13.4. The van der Waals surface area contributed by atoms with Crippen LogP contribution in [0.2, 0.25) is 0 Å². The molecule has 1 aromatic heterocycles. The molecule has 0 spiro atoms. The lowest BCUT2D eigenvalue weighted by Gasteiger charge is -2.16. The van der Waals surface area contributed by atoms with Crippen molar-refractivity contribution in [1.29, 1.82) is 0 Å². The van der Waals surface area contributed by atoms with Crippen LogP contribution in [-0.4, -0.2) is 18.6 Å². The number of carbonyl (C=O) groups excluding carboxylic acids is 1. The second-order valence-corrected chi connectivity index (χ2v) is 6.50. The molecular weight excluding hydrogens is 371 g/mol. The Hall–Kier alpha value is -3.22. The van der Waals surface area contributed by atoms with Gasteiger partial charge in [-0.2, -0.15) is 13.2 Å². The van der Waals surface area contributed by atoms with Gasteiger partial charge in [0, 0.05) is 12.0 Å². The number of para-hydroxylation sites is 1. The Bertz CT molecular complexity index is 996. The number of fused-ring (bicyclic) bond motifs is 1. The summed E-state index contributed by atoms with van der Waals surface area (Å²) < 4.78 is 51.0. The molecule has 0 fully saturated rings. The van der Waals surface area contributed by atoms with E-state index in [4.69, 9.17) is 9.15 Å². The van der Waals surface area contributed by atoms with Crippen molar-refractivity contribution in [2.45, 2.75) is 18.7 Å². The fourth-order valence-electron chi connectivity index (χ4n) is 3.33. The third-order valence-corrected chi connectivity index (χ3v) is 4.62. The highest BCUT2D eigenvalue weighted by molar-refractivity contribution is 5.93. The van der Waals surface area contributed by atoms with Gasteiger partial charge in [-0.3, -0.25) is 4.79 Å². The Balaban J connectivity index is 1.56. The van der Waals surface area contributed by atoms with Crippen molar-refractivity contribution in [3.63, 3.8) is 0 Å². The molecule has 2 aromatic carbocycles. The SMILES string of the molecule is O=C(NC[C@H]1Cc2cccc(-c3ccccc3C(F)(F)F)c2O1)c1ccoc1. The van der Waals surface area contributed by atoms with Crippen LogP contribution in [0.15, 0.2) is 65.5 Å². The average Bonchev–Trinajstić information content (AvgIpc) is 3.34. The second-order valence-electron chi connectivity index (χ2n) is 6.50. The molecule has 0 aliphatic carbocycles. The number of furan rings is 1. The van der Waals surface area contributed by atoms with Crippen LogP contribution in [0, 0.1) is 0 Å². The molecule has 1 atom stereocenters. The highest BCUT2D eigenvalue weighted by Crippen LogP contribution is 2.43. The van der Waals surface area contributed by atoms with E-state index in [2.05, 4.69) is 5.32 Å². The standard InChI is InChI=1S/C21H16F3NO3/c22-21(23,24)18-7-2-1-5-16(18)17-6-3-4-13-10-15(28-19(13)17)11-25-20(26)14-8-9-27-12-14/h1-9,12,15H,10-11H2,(H,25,26)/t15-/m1/s1. The lowest BCUT2D eigenvalue weighted by atomic mass is 9.96. The van der Waals surface area contributed by atoms with Crippen LogP contribution < -0.4 is 10.1 Å². The molecule has 0 unspecified atom stereocenters. The van der Waals surface area contributed by atoms with E-state index in [1.54, 1.807) is 24.3 Å². The fourth-order valence-corrected chi connectivity index (χ4v) is 3.33. The van der Waals surface area contributed by atoms with Crippen molar-refractivity contribution in [3.05, 3.63) is 77.7 Å². The topological polar surface area (TPSA) is 51.5 Å². The fraction of sp³-hybridized carbons (Fsp3) is 0.190. The van der Waals surface area contributed by atoms with Gasteiger partial charge in [0.15, 0.2) is 0 Å². The summed E-state index contributed by atoms with van der Waals surface area (Å²) in [6.07, 6.45) is -1.57. The van der Waals surface area contributed by atoms with Gasteiger partial charge in [0.05, 0.1) is 23.9 Å². The Kier molecular flexibility index (Phi) is 4.58. The van der Waals surface area contributed by atoms with Crippen LogP contribution in [-0.2, 0) is 12.6 Å². The molecule has 0 bridgehead atoms. The van der Waals surface area contributed by atoms with Gasteiger partial charge in [-0.05, 0) is 23.3 Å². The molecule has 1 amide bonds. The predicted molar refractivity (Wildman–Crippen MR) is 96.0 cm³/mol. The number of rotatable bonds is 4. The van der Waals surface area contributed by atoms with Gasteiger partial charge in [0.2, 0.25) is 0 Å². The van der Waals surface area contributed by atoms with E-state index in [-0.39, 0.29) is 24.1 Å².